The summed E-state index contributed by atoms with van der Waals surface area (Å²) in [5.74, 6) is 0. The predicted octanol–water partition coefficient (Wildman–Crippen LogP) is 2.84. The van der Waals surface area contributed by atoms with E-state index in [-0.39, 0.29) is 0 Å². The molecule has 2 saturated heterocycles. The normalized spacial score (nSPS) is 17.5. The minimum absolute atomic E-state index is 0.853. The smallest absolute Gasteiger partial charge is 0.218 e. The highest BCUT2D eigenvalue weighted by Crippen LogP contribution is 2.26. The predicted molar refractivity (Wildman–Crippen MR) is 127 cm³/mol. The molecule has 0 amide bonds. The zero-order valence-corrected chi connectivity index (χ0v) is 18.8. The Morgan fingerprint density at radius 1 is 0.806 bits per heavy atom. The molecule has 3 aromatic rings. The van der Waals surface area contributed by atoms with E-state index in [9.17, 15) is 0 Å². The fourth-order valence-corrected chi connectivity index (χ4v) is 5.35. The maximum Gasteiger partial charge on any atom is 0.218 e. The third-order valence-electron chi connectivity index (χ3n) is 6.22. The monoisotopic (exact) mass is 437 g/mol. The van der Waals surface area contributed by atoms with Gasteiger partial charge in [0.05, 0.1) is 0 Å². The van der Waals surface area contributed by atoms with Gasteiger partial charge in [0.25, 0.3) is 0 Å². The molecule has 2 aliphatic rings. The van der Waals surface area contributed by atoms with Crippen LogP contribution in [0.2, 0.25) is 0 Å². The molecule has 2 fully saturated rings. The molecular weight excluding hydrogens is 406 g/mol. The molecule has 0 bridgehead atoms. The number of nitrogens with zero attached hydrogens (tertiary/aromatic N) is 6. The van der Waals surface area contributed by atoms with Crippen LogP contribution in [0.25, 0.3) is 5.13 Å². The van der Waals surface area contributed by atoms with Crippen molar-refractivity contribution in [3.63, 3.8) is 0 Å². The summed E-state index contributed by atoms with van der Waals surface area (Å²) in [6.45, 7) is 9.49. The number of para-hydroxylation sites is 1. The maximum atomic E-state index is 4.51. The Kier molecular flexibility index (Phi) is 6.48. The standard InChI is InChI=1S/C23H31N7S/c1-2-7-20(8-3-1)28-15-17-29(18-16-28)22-25-26-23(31-22)30-13-6-9-21(30)19-24-10-14-27-11-4-5-12-27/h1-3,6-9,13,24H,4-5,10-12,14-19H2. The van der Waals surface area contributed by atoms with E-state index >= 15 is 0 Å². The molecule has 2 aliphatic heterocycles. The van der Waals surface area contributed by atoms with E-state index in [1.54, 1.807) is 11.3 Å². The lowest BCUT2D eigenvalue weighted by Gasteiger charge is -2.35. The number of hydrogen-bond donors (Lipinski definition) is 1. The van der Waals surface area contributed by atoms with Gasteiger partial charge in [-0.2, -0.15) is 0 Å². The number of piperazine rings is 1. The van der Waals surface area contributed by atoms with Gasteiger partial charge in [0.1, 0.15) is 0 Å². The third-order valence-corrected chi connectivity index (χ3v) is 7.21. The highest BCUT2D eigenvalue weighted by Gasteiger charge is 2.21. The third kappa shape index (κ3) is 4.92. The molecule has 164 valence electrons. The average molecular weight is 438 g/mol. The molecule has 4 heterocycles. The van der Waals surface area contributed by atoms with Crippen molar-refractivity contribution in [2.75, 3.05) is 62.2 Å². The summed E-state index contributed by atoms with van der Waals surface area (Å²) in [5.41, 5.74) is 2.53. The second kappa shape index (κ2) is 9.80. The highest BCUT2D eigenvalue weighted by molar-refractivity contribution is 7.17. The Bertz CT molecular complexity index is 940. The number of benzene rings is 1. The van der Waals surface area contributed by atoms with Crippen LogP contribution in [0.4, 0.5) is 10.8 Å². The first-order chi connectivity index (χ1) is 15.4. The van der Waals surface area contributed by atoms with Crippen molar-refractivity contribution in [3.05, 3.63) is 54.4 Å². The van der Waals surface area contributed by atoms with Gasteiger partial charge in [-0.15, -0.1) is 10.2 Å². The van der Waals surface area contributed by atoms with E-state index in [0.29, 0.717) is 0 Å². The zero-order valence-electron chi connectivity index (χ0n) is 18.0. The number of anilines is 2. The van der Waals surface area contributed by atoms with Gasteiger partial charge in [-0.3, -0.25) is 4.57 Å². The Labute approximate surface area is 188 Å². The van der Waals surface area contributed by atoms with Crippen LogP contribution >= 0.6 is 11.3 Å². The van der Waals surface area contributed by atoms with Crippen LogP contribution in [-0.4, -0.2) is 72.0 Å². The minimum atomic E-state index is 0.853. The second-order valence-corrected chi connectivity index (χ2v) is 9.21. The Balaban J connectivity index is 1.15. The topological polar surface area (TPSA) is 52.5 Å². The Morgan fingerprint density at radius 3 is 2.35 bits per heavy atom. The molecule has 8 heteroatoms. The lowest BCUT2D eigenvalue weighted by Crippen LogP contribution is -2.46. The van der Waals surface area contributed by atoms with Crippen LogP contribution in [0, 0.1) is 0 Å². The number of aromatic nitrogens is 3. The van der Waals surface area contributed by atoms with Gasteiger partial charge in [0, 0.05) is 63.4 Å². The van der Waals surface area contributed by atoms with Gasteiger partial charge in [0.15, 0.2) is 0 Å². The minimum Gasteiger partial charge on any atom is -0.368 e. The molecule has 0 radical (unpaired) electrons. The fraction of sp³-hybridized carbons (Fsp3) is 0.478. The number of likely N-dealkylation sites (tertiary alicyclic amines) is 1. The summed E-state index contributed by atoms with van der Waals surface area (Å²) in [7, 11) is 0. The van der Waals surface area contributed by atoms with Crippen LogP contribution in [-0.2, 0) is 6.54 Å². The number of rotatable bonds is 8. The van der Waals surface area contributed by atoms with E-state index in [1.165, 1.54) is 37.3 Å². The molecule has 0 atom stereocenters. The molecular formula is C23H31N7S. The van der Waals surface area contributed by atoms with Gasteiger partial charge in [-0.1, -0.05) is 29.5 Å². The van der Waals surface area contributed by atoms with E-state index < -0.39 is 0 Å². The van der Waals surface area contributed by atoms with Crippen molar-refractivity contribution in [2.24, 2.45) is 0 Å². The van der Waals surface area contributed by atoms with Gasteiger partial charge in [-0.25, -0.2) is 0 Å². The van der Waals surface area contributed by atoms with Crippen molar-refractivity contribution < 1.29 is 0 Å². The van der Waals surface area contributed by atoms with Crippen molar-refractivity contribution in [2.45, 2.75) is 19.4 Å². The Morgan fingerprint density at radius 2 is 1.55 bits per heavy atom. The molecule has 5 rings (SSSR count). The van der Waals surface area contributed by atoms with Gasteiger partial charge < -0.3 is 20.0 Å². The molecule has 0 spiro atoms. The molecule has 0 saturated carbocycles. The van der Waals surface area contributed by atoms with E-state index in [4.69, 9.17) is 0 Å². The van der Waals surface area contributed by atoms with Crippen molar-refractivity contribution in [1.82, 2.24) is 25.0 Å². The van der Waals surface area contributed by atoms with Crippen molar-refractivity contribution in [3.8, 4) is 5.13 Å². The van der Waals surface area contributed by atoms with Crippen molar-refractivity contribution in [1.29, 1.82) is 0 Å². The lowest BCUT2D eigenvalue weighted by atomic mass is 10.2. The lowest BCUT2D eigenvalue weighted by molar-refractivity contribution is 0.335. The van der Waals surface area contributed by atoms with Crippen LogP contribution in [0.1, 0.15) is 18.5 Å². The molecule has 1 N–H and O–H groups in total. The van der Waals surface area contributed by atoms with Crippen LogP contribution < -0.4 is 15.1 Å². The van der Waals surface area contributed by atoms with Crippen LogP contribution in [0.15, 0.2) is 48.7 Å². The van der Waals surface area contributed by atoms with E-state index in [0.717, 1.165) is 56.1 Å². The first-order valence-corrected chi connectivity index (χ1v) is 12.2. The largest absolute Gasteiger partial charge is 0.368 e. The molecule has 1 aromatic carbocycles. The van der Waals surface area contributed by atoms with E-state index in [2.05, 4.69) is 83.4 Å². The molecule has 7 nitrogen and oxygen atoms in total. The first-order valence-electron chi connectivity index (χ1n) is 11.3. The van der Waals surface area contributed by atoms with Crippen LogP contribution in [0.3, 0.4) is 0 Å². The highest BCUT2D eigenvalue weighted by atomic mass is 32.1. The Hall–Kier alpha value is -2.42. The second-order valence-electron chi connectivity index (χ2n) is 8.27. The quantitative estimate of drug-likeness (QED) is 0.547. The summed E-state index contributed by atoms with van der Waals surface area (Å²) in [6, 6.07) is 14.9. The van der Waals surface area contributed by atoms with Crippen LogP contribution in [0.5, 0.6) is 0 Å². The van der Waals surface area contributed by atoms with Gasteiger partial charge in [-0.05, 0) is 50.2 Å². The molecule has 2 aromatic heterocycles. The zero-order chi connectivity index (χ0) is 20.9. The summed E-state index contributed by atoms with van der Waals surface area (Å²) in [4.78, 5) is 7.34. The molecule has 0 aliphatic carbocycles. The summed E-state index contributed by atoms with van der Waals surface area (Å²) in [6.07, 6.45) is 4.79. The SMILES string of the molecule is c1ccc(N2CCN(c3nnc(-n4cccc4CNCCN4CCCC4)s3)CC2)cc1. The number of nitrogens with one attached hydrogen (secondary N) is 1. The first kappa shape index (κ1) is 20.5. The van der Waals surface area contributed by atoms with Crippen molar-refractivity contribution >= 4 is 22.2 Å². The fourth-order valence-electron chi connectivity index (χ4n) is 4.43. The van der Waals surface area contributed by atoms with Gasteiger partial charge in [0.2, 0.25) is 10.3 Å². The summed E-state index contributed by atoms with van der Waals surface area (Å²) >= 11 is 1.68. The average Bonchev–Trinajstić information content (AvgIpc) is 3.59. The summed E-state index contributed by atoms with van der Waals surface area (Å²) in [5, 5.41) is 14.6. The van der Waals surface area contributed by atoms with Gasteiger partial charge >= 0.3 is 0 Å². The molecule has 0 unspecified atom stereocenters. The van der Waals surface area contributed by atoms with E-state index in [1.807, 2.05) is 0 Å². The summed E-state index contributed by atoms with van der Waals surface area (Å²) < 4.78 is 2.17. The molecule has 31 heavy (non-hydrogen) atoms. The number of hydrogen-bond acceptors (Lipinski definition) is 7. The maximum absolute atomic E-state index is 4.51.